The van der Waals surface area contributed by atoms with Crippen LogP contribution in [0.15, 0.2) is 36.4 Å². The first-order chi connectivity index (χ1) is 13.0. The third-order valence-corrected chi connectivity index (χ3v) is 4.75. The van der Waals surface area contributed by atoms with Crippen LogP contribution in [0.2, 0.25) is 0 Å². The van der Waals surface area contributed by atoms with Crippen molar-refractivity contribution in [3.05, 3.63) is 59.2 Å². The first kappa shape index (κ1) is 18.9. The number of carbonyl (C=O) groups excluding carboxylic acids is 1. The largest absolute Gasteiger partial charge is 0.497 e. The van der Waals surface area contributed by atoms with Crippen molar-refractivity contribution < 1.29 is 23.0 Å². The molecule has 1 saturated heterocycles. The summed E-state index contributed by atoms with van der Waals surface area (Å²) in [5.41, 5.74) is 0.972. The molecule has 1 N–H and O–H groups in total. The molecular formula is C20H22F2N2O3. The van der Waals surface area contributed by atoms with Crippen LogP contribution in [0.1, 0.15) is 30.0 Å². The second-order valence-corrected chi connectivity index (χ2v) is 6.35. The third kappa shape index (κ3) is 4.13. The molecule has 0 bridgehead atoms. The van der Waals surface area contributed by atoms with Gasteiger partial charge in [-0.3, -0.25) is 0 Å². The van der Waals surface area contributed by atoms with Crippen LogP contribution in [0, 0.1) is 11.6 Å². The van der Waals surface area contributed by atoms with Crippen molar-refractivity contribution >= 4 is 6.03 Å². The SMILES string of the molecule is COc1ccc(OC)c(C2CCCN2C(=O)NCc2cc(F)ccc2F)c1. The van der Waals surface area contributed by atoms with E-state index in [4.69, 9.17) is 9.47 Å². The summed E-state index contributed by atoms with van der Waals surface area (Å²) >= 11 is 0. The number of amides is 2. The number of carbonyl (C=O) groups is 1. The van der Waals surface area contributed by atoms with E-state index >= 15 is 0 Å². The first-order valence-corrected chi connectivity index (χ1v) is 8.73. The summed E-state index contributed by atoms with van der Waals surface area (Å²) in [5.74, 6) is 0.265. The van der Waals surface area contributed by atoms with Crippen LogP contribution >= 0.6 is 0 Å². The summed E-state index contributed by atoms with van der Waals surface area (Å²) in [4.78, 5) is 14.4. The van der Waals surface area contributed by atoms with E-state index in [9.17, 15) is 13.6 Å². The van der Waals surface area contributed by atoms with Crippen molar-refractivity contribution in [1.82, 2.24) is 10.2 Å². The van der Waals surface area contributed by atoms with E-state index in [1.807, 2.05) is 12.1 Å². The Bertz CT molecular complexity index is 829. The minimum absolute atomic E-state index is 0.0824. The second kappa shape index (κ2) is 8.24. The van der Waals surface area contributed by atoms with Crippen LogP contribution in [0.5, 0.6) is 11.5 Å². The first-order valence-electron chi connectivity index (χ1n) is 8.73. The normalized spacial score (nSPS) is 16.3. The molecule has 2 aromatic rings. The quantitative estimate of drug-likeness (QED) is 0.857. The van der Waals surface area contributed by atoms with Gasteiger partial charge < -0.3 is 19.7 Å². The van der Waals surface area contributed by atoms with Gasteiger partial charge >= 0.3 is 6.03 Å². The fourth-order valence-corrected chi connectivity index (χ4v) is 3.38. The molecule has 1 heterocycles. The zero-order chi connectivity index (χ0) is 19.4. The molecule has 0 saturated carbocycles. The molecule has 1 unspecified atom stereocenters. The zero-order valence-corrected chi connectivity index (χ0v) is 15.3. The second-order valence-electron chi connectivity index (χ2n) is 6.35. The molecular weight excluding hydrogens is 354 g/mol. The Balaban J connectivity index is 1.76. The molecule has 1 fully saturated rings. The van der Waals surface area contributed by atoms with Crippen molar-refractivity contribution in [1.29, 1.82) is 0 Å². The maximum atomic E-state index is 13.8. The van der Waals surface area contributed by atoms with Crippen molar-refractivity contribution in [2.75, 3.05) is 20.8 Å². The Kier molecular flexibility index (Phi) is 5.78. The van der Waals surface area contributed by atoms with Crippen LogP contribution < -0.4 is 14.8 Å². The molecule has 7 heteroatoms. The molecule has 5 nitrogen and oxygen atoms in total. The topological polar surface area (TPSA) is 50.8 Å². The zero-order valence-electron chi connectivity index (χ0n) is 15.3. The summed E-state index contributed by atoms with van der Waals surface area (Å²) in [6.07, 6.45) is 1.62. The van der Waals surface area contributed by atoms with Gasteiger partial charge in [0.25, 0.3) is 0 Å². The summed E-state index contributed by atoms with van der Waals surface area (Å²) in [6, 6.07) is 8.16. The van der Waals surface area contributed by atoms with Gasteiger partial charge in [-0.15, -0.1) is 0 Å². The number of methoxy groups -OCH3 is 2. The van der Waals surface area contributed by atoms with Gasteiger partial charge in [0.2, 0.25) is 0 Å². The lowest BCUT2D eigenvalue weighted by Crippen LogP contribution is -2.39. The summed E-state index contributed by atoms with van der Waals surface area (Å²) in [6.45, 7) is 0.489. The molecule has 27 heavy (non-hydrogen) atoms. The maximum absolute atomic E-state index is 13.8. The van der Waals surface area contributed by atoms with Crippen LogP contribution in [0.4, 0.5) is 13.6 Å². The lowest BCUT2D eigenvalue weighted by Gasteiger charge is -2.27. The Morgan fingerprint density at radius 2 is 2.00 bits per heavy atom. The van der Waals surface area contributed by atoms with Gasteiger partial charge in [0.15, 0.2) is 0 Å². The van der Waals surface area contributed by atoms with E-state index in [1.165, 1.54) is 0 Å². The number of hydrogen-bond donors (Lipinski definition) is 1. The van der Waals surface area contributed by atoms with Crippen LogP contribution in [-0.4, -0.2) is 31.7 Å². The van der Waals surface area contributed by atoms with Gasteiger partial charge in [-0.25, -0.2) is 13.6 Å². The Morgan fingerprint density at radius 3 is 2.74 bits per heavy atom. The molecule has 3 rings (SSSR count). The fourth-order valence-electron chi connectivity index (χ4n) is 3.38. The number of nitrogens with zero attached hydrogens (tertiary/aromatic N) is 1. The number of hydrogen-bond acceptors (Lipinski definition) is 3. The van der Waals surface area contributed by atoms with Gasteiger partial charge in [-0.05, 0) is 49.2 Å². The predicted molar refractivity (Wildman–Crippen MR) is 96.8 cm³/mol. The molecule has 0 aliphatic carbocycles. The standard InChI is InChI=1S/C20H22F2N2O3/c1-26-15-6-8-19(27-2)16(11-15)18-4-3-9-24(18)20(25)23-12-13-10-14(21)5-7-17(13)22/h5-8,10-11,18H,3-4,9,12H2,1-2H3,(H,23,25). The van der Waals surface area contributed by atoms with E-state index in [1.54, 1.807) is 25.2 Å². The van der Waals surface area contributed by atoms with E-state index in [-0.39, 0.29) is 24.2 Å². The number of nitrogens with one attached hydrogen (secondary N) is 1. The highest BCUT2D eigenvalue weighted by molar-refractivity contribution is 5.75. The van der Waals surface area contributed by atoms with Gasteiger partial charge in [0.05, 0.1) is 20.3 Å². The van der Waals surface area contributed by atoms with E-state index in [0.717, 1.165) is 36.6 Å². The smallest absolute Gasteiger partial charge is 0.318 e. The average Bonchev–Trinajstić information content (AvgIpc) is 3.17. The van der Waals surface area contributed by atoms with Gasteiger partial charge in [0, 0.05) is 24.2 Å². The van der Waals surface area contributed by atoms with Crippen molar-refractivity contribution in [3.63, 3.8) is 0 Å². The number of likely N-dealkylation sites (tertiary alicyclic amines) is 1. The molecule has 2 aromatic carbocycles. The highest BCUT2D eigenvalue weighted by Gasteiger charge is 2.32. The van der Waals surface area contributed by atoms with Gasteiger partial charge in [-0.1, -0.05) is 0 Å². The molecule has 0 aromatic heterocycles. The van der Waals surface area contributed by atoms with Crippen molar-refractivity contribution in [3.8, 4) is 11.5 Å². The van der Waals surface area contributed by atoms with Gasteiger partial charge in [0.1, 0.15) is 23.1 Å². The molecule has 1 atom stereocenters. The highest BCUT2D eigenvalue weighted by Crippen LogP contribution is 2.38. The lowest BCUT2D eigenvalue weighted by molar-refractivity contribution is 0.191. The Hall–Kier alpha value is -2.83. The molecule has 0 spiro atoms. The summed E-state index contributed by atoms with van der Waals surface area (Å²) in [7, 11) is 3.16. The van der Waals surface area contributed by atoms with Crippen LogP contribution in [-0.2, 0) is 6.54 Å². The van der Waals surface area contributed by atoms with E-state index in [0.29, 0.717) is 18.0 Å². The highest BCUT2D eigenvalue weighted by atomic mass is 19.1. The minimum atomic E-state index is -0.552. The fraction of sp³-hybridized carbons (Fsp3) is 0.350. The van der Waals surface area contributed by atoms with Crippen LogP contribution in [0.25, 0.3) is 0 Å². The Labute approximate surface area is 156 Å². The monoisotopic (exact) mass is 376 g/mol. The minimum Gasteiger partial charge on any atom is -0.497 e. The molecule has 1 aliphatic heterocycles. The summed E-state index contributed by atoms with van der Waals surface area (Å²) < 4.78 is 37.8. The number of benzene rings is 2. The third-order valence-electron chi connectivity index (χ3n) is 4.75. The van der Waals surface area contributed by atoms with E-state index < -0.39 is 11.6 Å². The molecule has 1 aliphatic rings. The molecule has 0 radical (unpaired) electrons. The maximum Gasteiger partial charge on any atom is 0.318 e. The number of rotatable bonds is 5. The van der Waals surface area contributed by atoms with Gasteiger partial charge in [-0.2, -0.15) is 0 Å². The number of urea groups is 1. The summed E-state index contributed by atoms with van der Waals surface area (Å²) in [5, 5.41) is 2.68. The molecule has 144 valence electrons. The Morgan fingerprint density at radius 1 is 1.19 bits per heavy atom. The van der Waals surface area contributed by atoms with Crippen LogP contribution in [0.3, 0.4) is 0 Å². The average molecular weight is 376 g/mol. The van der Waals surface area contributed by atoms with E-state index in [2.05, 4.69) is 5.32 Å². The number of halogens is 2. The lowest BCUT2D eigenvalue weighted by atomic mass is 10.0. The predicted octanol–water partition coefficient (Wildman–Crippen LogP) is 4.03. The molecule has 2 amide bonds. The van der Waals surface area contributed by atoms with Crippen molar-refractivity contribution in [2.24, 2.45) is 0 Å². The number of ether oxygens (including phenoxy) is 2. The van der Waals surface area contributed by atoms with Crippen molar-refractivity contribution in [2.45, 2.75) is 25.4 Å².